The SMILES string of the molecule is Cc1cc(N)cc(S(=O)(=O)N(C)CC2CCCN2C)c1C. The second-order valence-corrected chi connectivity index (χ2v) is 8.04. The van der Waals surface area contributed by atoms with E-state index in [-0.39, 0.29) is 0 Å². The quantitative estimate of drug-likeness (QED) is 0.858. The minimum absolute atomic E-state index is 0.298. The van der Waals surface area contributed by atoms with Gasteiger partial charge >= 0.3 is 0 Å². The zero-order valence-corrected chi connectivity index (χ0v) is 14.1. The first kappa shape index (κ1) is 16.3. The molecule has 0 saturated carbocycles. The summed E-state index contributed by atoms with van der Waals surface area (Å²) in [5.74, 6) is 0. The smallest absolute Gasteiger partial charge is 0.243 e. The van der Waals surface area contributed by atoms with Gasteiger partial charge in [0, 0.05) is 25.3 Å². The van der Waals surface area contributed by atoms with Crippen LogP contribution in [0, 0.1) is 13.8 Å². The van der Waals surface area contributed by atoms with Crippen LogP contribution in [0.5, 0.6) is 0 Å². The Morgan fingerprint density at radius 1 is 1.38 bits per heavy atom. The highest BCUT2D eigenvalue weighted by Crippen LogP contribution is 2.26. The number of aryl methyl sites for hydroxylation is 1. The summed E-state index contributed by atoms with van der Waals surface area (Å²) in [6.07, 6.45) is 2.18. The van der Waals surface area contributed by atoms with Crippen LogP contribution in [0.1, 0.15) is 24.0 Å². The number of likely N-dealkylation sites (tertiary alicyclic amines) is 1. The van der Waals surface area contributed by atoms with Gasteiger partial charge in [0.25, 0.3) is 0 Å². The third-order valence-electron chi connectivity index (χ3n) is 4.47. The van der Waals surface area contributed by atoms with E-state index in [0.29, 0.717) is 23.2 Å². The van der Waals surface area contributed by atoms with Gasteiger partial charge in [-0.3, -0.25) is 0 Å². The van der Waals surface area contributed by atoms with E-state index in [1.807, 2.05) is 20.9 Å². The highest BCUT2D eigenvalue weighted by atomic mass is 32.2. The molecule has 1 atom stereocenters. The van der Waals surface area contributed by atoms with Crippen LogP contribution in [-0.4, -0.2) is 50.8 Å². The molecule has 0 amide bonds. The van der Waals surface area contributed by atoms with E-state index in [4.69, 9.17) is 5.73 Å². The lowest BCUT2D eigenvalue weighted by atomic mass is 10.1. The van der Waals surface area contributed by atoms with Crippen LogP contribution < -0.4 is 5.73 Å². The molecule has 5 nitrogen and oxygen atoms in total. The third kappa shape index (κ3) is 3.22. The van der Waals surface area contributed by atoms with Gasteiger partial charge in [0.05, 0.1) is 4.90 Å². The molecule has 1 aliphatic heterocycles. The van der Waals surface area contributed by atoms with Crippen molar-refractivity contribution in [2.24, 2.45) is 0 Å². The second-order valence-electron chi connectivity index (χ2n) is 6.02. The monoisotopic (exact) mass is 311 g/mol. The number of hydrogen-bond acceptors (Lipinski definition) is 4. The Hall–Kier alpha value is -1.11. The number of sulfonamides is 1. The van der Waals surface area contributed by atoms with Gasteiger partial charge in [-0.1, -0.05) is 0 Å². The average molecular weight is 311 g/mol. The number of nitrogens with zero attached hydrogens (tertiary/aromatic N) is 2. The Morgan fingerprint density at radius 3 is 2.62 bits per heavy atom. The van der Waals surface area contributed by atoms with E-state index in [2.05, 4.69) is 4.90 Å². The Balaban J connectivity index is 2.29. The van der Waals surface area contributed by atoms with Gasteiger partial charge < -0.3 is 10.6 Å². The van der Waals surface area contributed by atoms with Crippen molar-refractivity contribution in [3.05, 3.63) is 23.3 Å². The summed E-state index contributed by atoms with van der Waals surface area (Å²) in [4.78, 5) is 2.55. The Bertz CT molecular complexity index is 628. The average Bonchev–Trinajstić information content (AvgIpc) is 2.79. The van der Waals surface area contributed by atoms with Crippen LogP contribution in [0.2, 0.25) is 0 Å². The molecular weight excluding hydrogens is 286 g/mol. The summed E-state index contributed by atoms with van der Waals surface area (Å²) in [5.41, 5.74) is 7.99. The third-order valence-corrected chi connectivity index (χ3v) is 6.42. The van der Waals surface area contributed by atoms with Crippen molar-refractivity contribution in [2.75, 3.05) is 32.9 Å². The summed E-state index contributed by atoms with van der Waals surface area (Å²) in [6.45, 7) is 5.27. The van der Waals surface area contributed by atoms with Crippen LogP contribution in [0.4, 0.5) is 5.69 Å². The molecule has 0 aliphatic carbocycles. The molecule has 2 rings (SSSR count). The maximum atomic E-state index is 12.8. The van der Waals surface area contributed by atoms with Crippen molar-refractivity contribution in [1.29, 1.82) is 0 Å². The Labute approximate surface area is 127 Å². The molecule has 1 saturated heterocycles. The first-order chi connectivity index (χ1) is 9.73. The van der Waals surface area contributed by atoms with E-state index in [9.17, 15) is 8.42 Å². The largest absolute Gasteiger partial charge is 0.399 e. The lowest BCUT2D eigenvalue weighted by Crippen LogP contribution is -2.39. The van der Waals surface area contributed by atoms with Crippen molar-refractivity contribution in [1.82, 2.24) is 9.21 Å². The lowest BCUT2D eigenvalue weighted by Gasteiger charge is -2.26. The molecule has 0 bridgehead atoms. The fourth-order valence-corrected chi connectivity index (χ4v) is 4.43. The van der Waals surface area contributed by atoms with Gasteiger partial charge in [-0.15, -0.1) is 0 Å². The molecule has 1 fully saturated rings. The summed E-state index contributed by atoms with van der Waals surface area (Å²) in [7, 11) is 0.203. The van der Waals surface area contributed by atoms with Crippen LogP contribution in [0.15, 0.2) is 17.0 Å². The molecular formula is C15H25N3O2S. The number of nitrogen functional groups attached to an aromatic ring is 1. The summed E-state index contributed by atoms with van der Waals surface area (Å²) < 4.78 is 27.1. The predicted octanol–water partition coefficient (Wildman–Crippen LogP) is 1.60. The Morgan fingerprint density at radius 2 is 2.05 bits per heavy atom. The number of likely N-dealkylation sites (N-methyl/N-ethyl adjacent to an activating group) is 2. The molecule has 21 heavy (non-hydrogen) atoms. The number of rotatable bonds is 4. The van der Waals surface area contributed by atoms with Gasteiger partial charge in [-0.25, -0.2) is 8.42 Å². The predicted molar refractivity (Wildman–Crippen MR) is 85.8 cm³/mol. The highest BCUT2D eigenvalue weighted by molar-refractivity contribution is 7.89. The number of nitrogens with two attached hydrogens (primary N) is 1. The molecule has 2 N–H and O–H groups in total. The van der Waals surface area contributed by atoms with Gasteiger partial charge in [0.1, 0.15) is 0 Å². The molecule has 118 valence electrons. The van der Waals surface area contributed by atoms with Gasteiger partial charge in [-0.05, 0) is 63.5 Å². The summed E-state index contributed by atoms with van der Waals surface area (Å²) in [6, 6.07) is 3.67. The van der Waals surface area contributed by atoms with E-state index in [1.54, 1.807) is 19.2 Å². The second kappa shape index (κ2) is 5.94. The minimum Gasteiger partial charge on any atom is -0.399 e. The van der Waals surface area contributed by atoms with Crippen LogP contribution in [-0.2, 0) is 10.0 Å². The van der Waals surface area contributed by atoms with Gasteiger partial charge in [0.15, 0.2) is 0 Å². The lowest BCUT2D eigenvalue weighted by molar-refractivity contribution is 0.271. The summed E-state index contributed by atoms with van der Waals surface area (Å²) >= 11 is 0. The first-order valence-corrected chi connectivity index (χ1v) is 8.71. The fraction of sp³-hybridized carbons (Fsp3) is 0.600. The molecule has 0 radical (unpaired) electrons. The van der Waals surface area contributed by atoms with Crippen molar-refractivity contribution >= 4 is 15.7 Å². The van der Waals surface area contributed by atoms with Crippen LogP contribution in [0.3, 0.4) is 0 Å². The maximum absolute atomic E-state index is 12.8. The van der Waals surface area contributed by atoms with Crippen LogP contribution >= 0.6 is 0 Å². The Kier molecular flexibility index (Phi) is 4.60. The van der Waals surface area contributed by atoms with Crippen molar-refractivity contribution in [3.63, 3.8) is 0 Å². The van der Waals surface area contributed by atoms with E-state index in [0.717, 1.165) is 30.5 Å². The number of hydrogen-bond donors (Lipinski definition) is 1. The molecule has 1 unspecified atom stereocenters. The molecule has 1 aliphatic rings. The molecule has 0 spiro atoms. The van der Waals surface area contributed by atoms with Crippen molar-refractivity contribution < 1.29 is 8.42 Å². The topological polar surface area (TPSA) is 66.6 Å². The standard InChI is InChI=1S/C15H25N3O2S/c1-11-8-13(16)9-15(12(11)2)21(19,20)18(4)10-14-6-5-7-17(14)3/h8-9,14H,5-7,10,16H2,1-4H3. The van der Waals surface area contributed by atoms with E-state index < -0.39 is 10.0 Å². The molecule has 1 aromatic rings. The molecule has 1 aromatic carbocycles. The van der Waals surface area contributed by atoms with Gasteiger partial charge in [-0.2, -0.15) is 4.31 Å². The minimum atomic E-state index is -3.50. The molecule has 6 heteroatoms. The van der Waals surface area contributed by atoms with E-state index in [1.165, 1.54) is 4.31 Å². The van der Waals surface area contributed by atoms with Gasteiger partial charge in [0.2, 0.25) is 10.0 Å². The van der Waals surface area contributed by atoms with Crippen LogP contribution in [0.25, 0.3) is 0 Å². The zero-order chi connectivity index (χ0) is 15.8. The van der Waals surface area contributed by atoms with Crippen molar-refractivity contribution in [3.8, 4) is 0 Å². The number of anilines is 1. The first-order valence-electron chi connectivity index (χ1n) is 7.26. The fourth-order valence-electron chi connectivity index (χ4n) is 2.89. The van der Waals surface area contributed by atoms with E-state index >= 15 is 0 Å². The maximum Gasteiger partial charge on any atom is 0.243 e. The zero-order valence-electron chi connectivity index (χ0n) is 13.3. The molecule has 0 aromatic heterocycles. The number of benzene rings is 1. The highest BCUT2D eigenvalue weighted by Gasteiger charge is 2.29. The normalized spacial score (nSPS) is 20.3. The van der Waals surface area contributed by atoms with Crippen molar-refractivity contribution in [2.45, 2.75) is 37.6 Å². The summed E-state index contributed by atoms with van der Waals surface area (Å²) in [5, 5.41) is 0. The molecule has 1 heterocycles.